The van der Waals surface area contributed by atoms with E-state index in [0.717, 1.165) is 30.5 Å². The normalized spacial score (nSPS) is 15.3. The highest BCUT2D eigenvalue weighted by Gasteiger charge is 2.23. The van der Waals surface area contributed by atoms with Crippen molar-refractivity contribution in [2.24, 2.45) is 0 Å². The Hall–Kier alpha value is -3.06. The monoisotopic (exact) mass is 349 g/mol. The Morgan fingerprint density at radius 2 is 1.85 bits per heavy atom. The molecule has 0 radical (unpaired) electrons. The van der Waals surface area contributed by atoms with Crippen molar-refractivity contribution < 1.29 is 4.79 Å². The zero-order valence-corrected chi connectivity index (χ0v) is 14.3. The number of rotatable bonds is 3. The minimum absolute atomic E-state index is 0.146. The van der Waals surface area contributed by atoms with Crippen LogP contribution in [0, 0.1) is 0 Å². The minimum Gasteiger partial charge on any atom is -0.335 e. The van der Waals surface area contributed by atoms with Crippen LogP contribution in [0.25, 0.3) is 10.9 Å². The number of hydrogen-bond acceptors (Lipinski definition) is 5. The standard InChI is InChI=1S/C19H19N5O2/c25-17-7-6-16(21-22-17)19(26)24-11-9-23(10-12-24)13-15-4-1-3-14-5-2-8-20-18(14)15/h1-8H,9-13H2,(H,22,25). The number of piperazine rings is 1. The highest BCUT2D eigenvalue weighted by atomic mass is 16.2. The molecule has 4 rings (SSSR count). The van der Waals surface area contributed by atoms with E-state index in [1.54, 1.807) is 4.90 Å². The van der Waals surface area contributed by atoms with E-state index in [4.69, 9.17) is 0 Å². The Bertz CT molecular complexity index is 967. The molecule has 3 aromatic rings. The molecule has 2 aromatic heterocycles. The maximum Gasteiger partial charge on any atom is 0.274 e. The van der Waals surface area contributed by atoms with Crippen LogP contribution in [0.1, 0.15) is 16.1 Å². The fourth-order valence-corrected chi connectivity index (χ4v) is 3.27. The lowest BCUT2D eigenvalue weighted by atomic mass is 10.1. The van der Waals surface area contributed by atoms with Gasteiger partial charge in [0.05, 0.1) is 5.52 Å². The molecular weight excluding hydrogens is 330 g/mol. The first-order valence-electron chi connectivity index (χ1n) is 8.61. The molecule has 1 saturated heterocycles. The Labute approximate surface area is 150 Å². The van der Waals surface area contributed by atoms with Crippen LogP contribution in [-0.4, -0.2) is 57.1 Å². The van der Waals surface area contributed by atoms with E-state index in [1.807, 2.05) is 12.3 Å². The number of para-hydroxylation sites is 1. The topological polar surface area (TPSA) is 82.2 Å². The van der Waals surface area contributed by atoms with Crippen LogP contribution in [-0.2, 0) is 6.54 Å². The van der Waals surface area contributed by atoms with Crippen LogP contribution >= 0.6 is 0 Å². The highest BCUT2D eigenvalue weighted by molar-refractivity contribution is 5.92. The summed E-state index contributed by atoms with van der Waals surface area (Å²) in [5, 5.41) is 7.27. The van der Waals surface area contributed by atoms with Crippen molar-refractivity contribution >= 4 is 16.8 Å². The predicted octanol–water partition coefficient (Wildman–Crippen LogP) is 1.28. The van der Waals surface area contributed by atoms with E-state index < -0.39 is 0 Å². The summed E-state index contributed by atoms with van der Waals surface area (Å²) in [7, 11) is 0. The van der Waals surface area contributed by atoms with Gasteiger partial charge in [-0.3, -0.25) is 19.5 Å². The van der Waals surface area contributed by atoms with Gasteiger partial charge in [-0.1, -0.05) is 24.3 Å². The summed E-state index contributed by atoms with van der Waals surface area (Å²) in [6.45, 7) is 3.67. The van der Waals surface area contributed by atoms with Crippen LogP contribution in [0.2, 0.25) is 0 Å². The molecule has 1 aliphatic heterocycles. The molecule has 1 amide bonds. The van der Waals surface area contributed by atoms with Gasteiger partial charge in [0, 0.05) is 50.4 Å². The molecule has 0 unspecified atom stereocenters. The third-order valence-electron chi connectivity index (χ3n) is 4.67. The average molecular weight is 349 g/mol. The molecule has 1 aliphatic rings. The van der Waals surface area contributed by atoms with Crippen molar-refractivity contribution in [1.29, 1.82) is 0 Å². The smallest absolute Gasteiger partial charge is 0.274 e. The number of amides is 1. The zero-order valence-electron chi connectivity index (χ0n) is 14.3. The van der Waals surface area contributed by atoms with Gasteiger partial charge < -0.3 is 4.90 Å². The second-order valence-electron chi connectivity index (χ2n) is 6.37. The summed E-state index contributed by atoms with van der Waals surface area (Å²) in [4.78, 5) is 32.2. The molecule has 1 N–H and O–H groups in total. The fraction of sp³-hybridized carbons (Fsp3) is 0.263. The van der Waals surface area contributed by atoms with Crippen molar-refractivity contribution in [3.8, 4) is 0 Å². The molecule has 3 heterocycles. The van der Waals surface area contributed by atoms with Gasteiger partial charge >= 0.3 is 0 Å². The van der Waals surface area contributed by atoms with Crippen LogP contribution in [0.15, 0.2) is 53.5 Å². The molecule has 0 saturated carbocycles. The Kier molecular flexibility index (Phi) is 4.45. The predicted molar refractivity (Wildman–Crippen MR) is 97.8 cm³/mol. The van der Waals surface area contributed by atoms with Crippen LogP contribution < -0.4 is 5.56 Å². The number of benzene rings is 1. The molecule has 7 heteroatoms. The van der Waals surface area contributed by atoms with Crippen LogP contribution in [0.5, 0.6) is 0 Å². The van der Waals surface area contributed by atoms with E-state index in [1.165, 1.54) is 17.7 Å². The van der Waals surface area contributed by atoms with Crippen LogP contribution in [0.4, 0.5) is 0 Å². The summed E-state index contributed by atoms with van der Waals surface area (Å²) in [6.07, 6.45) is 1.82. The molecule has 1 fully saturated rings. The molecular formula is C19H19N5O2. The van der Waals surface area contributed by atoms with Gasteiger partial charge in [0.15, 0.2) is 0 Å². The largest absolute Gasteiger partial charge is 0.335 e. The molecule has 0 atom stereocenters. The van der Waals surface area contributed by atoms with Gasteiger partial charge in [0.1, 0.15) is 5.69 Å². The van der Waals surface area contributed by atoms with Crippen molar-refractivity contribution in [2.45, 2.75) is 6.54 Å². The van der Waals surface area contributed by atoms with Gasteiger partial charge in [0.25, 0.3) is 11.5 Å². The average Bonchev–Trinajstić information content (AvgIpc) is 2.69. The van der Waals surface area contributed by atoms with E-state index in [2.05, 4.69) is 44.3 Å². The lowest BCUT2D eigenvalue weighted by molar-refractivity contribution is 0.0622. The van der Waals surface area contributed by atoms with E-state index in [-0.39, 0.29) is 17.2 Å². The minimum atomic E-state index is -0.310. The van der Waals surface area contributed by atoms with Gasteiger partial charge in [-0.15, -0.1) is 0 Å². The number of H-pyrrole nitrogens is 1. The quantitative estimate of drug-likeness (QED) is 0.770. The molecule has 7 nitrogen and oxygen atoms in total. The Morgan fingerprint density at radius 1 is 1.04 bits per heavy atom. The number of carbonyl (C=O) groups excluding carboxylic acids is 1. The van der Waals surface area contributed by atoms with Crippen molar-refractivity contribution in [3.63, 3.8) is 0 Å². The van der Waals surface area contributed by atoms with E-state index >= 15 is 0 Å². The van der Waals surface area contributed by atoms with Crippen molar-refractivity contribution in [1.82, 2.24) is 25.0 Å². The van der Waals surface area contributed by atoms with Gasteiger partial charge in [-0.05, 0) is 17.7 Å². The first kappa shape index (κ1) is 16.4. The lowest BCUT2D eigenvalue weighted by Gasteiger charge is -2.34. The number of nitrogens with zero attached hydrogens (tertiary/aromatic N) is 4. The summed E-state index contributed by atoms with van der Waals surface area (Å²) < 4.78 is 0. The Morgan fingerprint density at radius 3 is 2.62 bits per heavy atom. The summed E-state index contributed by atoms with van der Waals surface area (Å²) in [6, 6.07) is 13.0. The molecule has 1 aromatic carbocycles. The lowest BCUT2D eigenvalue weighted by Crippen LogP contribution is -2.48. The van der Waals surface area contributed by atoms with Gasteiger partial charge in [-0.25, -0.2) is 5.10 Å². The fourth-order valence-electron chi connectivity index (χ4n) is 3.27. The second-order valence-corrected chi connectivity index (χ2v) is 6.37. The van der Waals surface area contributed by atoms with Gasteiger partial charge in [-0.2, -0.15) is 5.10 Å². The molecule has 26 heavy (non-hydrogen) atoms. The maximum absolute atomic E-state index is 12.5. The van der Waals surface area contributed by atoms with E-state index in [9.17, 15) is 9.59 Å². The molecule has 0 aliphatic carbocycles. The molecule has 132 valence electrons. The number of carbonyl (C=O) groups is 1. The summed E-state index contributed by atoms with van der Waals surface area (Å²) in [5.74, 6) is -0.146. The summed E-state index contributed by atoms with van der Waals surface area (Å²) >= 11 is 0. The third kappa shape index (κ3) is 3.34. The Balaban J connectivity index is 1.41. The number of nitrogens with one attached hydrogen (secondary N) is 1. The molecule has 0 spiro atoms. The SMILES string of the molecule is O=C(c1ccc(=O)[nH]n1)N1CCN(Cc2cccc3cccnc23)CC1. The van der Waals surface area contributed by atoms with E-state index in [0.29, 0.717) is 13.1 Å². The number of aromatic nitrogens is 3. The highest BCUT2D eigenvalue weighted by Crippen LogP contribution is 2.18. The number of fused-ring (bicyclic) bond motifs is 1. The van der Waals surface area contributed by atoms with Crippen LogP contribution in [0.3, 0.4) is 0 Å². The second kappa shape index (κ2) is 7.05. The third-order valence-corrected chi connectivity index (χ3v) is 4.67. The first-order chi connectivity index (χ1) is 12.7. The summed E-state index contributed by atoms with van der Waals surface area (Å²) in [5.41, 5.74) is 2.20. The maximum atomic E-state index is 12.5. The number of hydrogen-bond donors (Lipinski definition) is 1. The number of aromatic amines is 1. The molecule has 0 bridgehead atoms. The zero-order chi connectivity index (χ0) is 17.9. The number of pyridine rings is 1. The van der Waals surface area contributed by atoms with Crippen molar-refractivity contribution in [3.05, 3.63) is 70.3 Å². The van der Waals surface area contributed by atoms with Crippen molar-refractivity contribution in [2.75, 3.05) is 26.2 Å². The first-order valence-corrected chi connectivity index (χ1v) is 8.61. The van der Waals surface area contributed by atoms with Gasteiger partial charge in [0.2, 0.25) is 0 Å².